The van der Waals surface area contributed by atoms with E-state index in [1.807, 2.05) is 32.0 Å². The first-order valence-corrected chi connectivity index (χ1v) is 11.9. The third kappa shape index (κ3) is 4.65. The van der Waals surface area contributed by atoms with Gasteiger partial charge in [-0.25, -0.2) is 8.42 Å². The number of nitrogens with one attached hydrogen (secondary N) is 1. The van der Waals surface area contributed by atoms with Crippen molar-refractivity contribution in [2.75, 3.05) is 29.9 Å². The Morgan fingerprint density at radius 1 is 1.10 bits per heavy atom. The number of carbonyl (C=O) groups excluding carboxylic acids is 2. The second kappa shape index (κ2) is 9.20. The summed E-state index contributed by atoms with van der Waals surface area (Å²) in [4.78, 5) is 27.2. The van der Waals surface area contributed by atoms with Gasteiger partial charge in [0.15, 0.2) is 0 Å². The van der Waals surface area contributed by atoms with E-state index in [2.05, 4.69) is 5.32 Å². The lowest BCUT2D eigenvalue weighted by atomic mass is 10.1. The fourth-order valence-corrected chi connectivity index (χ4v) is 5.27. The van der Waals surface area contributed by atoms with Crippen LogP contribution in [0.15, 0.2) is 47.4 Å². The van der Waals surface area contributed by atoms with E-state index in [1.165, 1.54) is 16.4 Å². The van der Waals surface area contributed by atoms with Gasteiger partial charge in [0.2, 0.25) is 21.8 Å². The second-order valence-electron chi connectivity index (χ2n) is 7.73. The molecule has 0 radical (unpaired) electrons. The highest BCUT2D eigenvalue weighted by Gasteiger charge is 2.35. The molecule has 31 heavy (non-hydrogen) atoms. The van der Waals surface area contributed by atoms with Gasteiger partial charge in [-0.3, -0.25) is 9.59 Å². The van der Waals surface area contributed by atoms with E-state index in [0.717, 1.165) is 16.8 Å². The molecule has 8 heteroatoms. The normalized spacial score (nSPS) is 16.7. The third-order valence-electron chi connectivity index (χ3n) is 5.83. The predicted molar refractivity (Wildman–Crippen MR) is 122 cm³/mol. The first-order valence-electron chi connectivity index (χ1n) is 10.5. The van der Waals surface area contributed by atoms with Crippen LogP contribution < -0.4 is 10.2 Å². The molecule has 2 aromatic rings. The summed E-state index contributed by atoms with van der Waals surface area (Å²) in [6.45, 7) is 8.66. The number of sulfonamides is 1. The van der Waals surface area contributed by atoms with Crippen molar-refractivity contribution < 1.29 is 18.0 Å². The number of rotatable bonds is 7. The third-order valence-corrected chi connectivity index (χ3v) is 7.89. The lowest BCUT2D eigenvalue weighted by Crippen LogP contribution is -2.30. The van der Waals surface area contributed by atoms with Crippen LogP contribution in [0.2, 0.25) is 0 Å². The minimum Gasteiger partial charge on any atom is -0.326 e. The number of hydrogen-bond donors (Lipinski definition) is 1. The summed E-state index contributed by atoms with van der Waals surface area (Å²) in [6, 6.07) is 11.9. The van der Waals surface area contributed by atoms with Crippen LogP contribution >= 0.6 is 0 Å². The Labute approximate surface area is 184 Å². The molecule has 0 spiro atoms. The monoisotopic (exact) mass is 443 g/mol. The van der Waals surface area contributed by atoms with Gasteiger partial charge in [-0.05, 0) is 55.3 Å². The molecule has 0 unspecified atom stereocenters. The van der Waals surface area contributed by atoms with Crippen LogP contribution in [0.4, 0.5) is 11.4 Å². The summed E-state index contributed by atoms with van der Waals surface area (Å²) < 4.78 is 26.6. The summed E-state index contributed by atoms with van der Waals surface area (Å²) in [5.74, 6) is -0.790. The van der Waals surface area contributed by atoms with Gasteiger partial charge >= 0.3 is 0 Å². The van der Waals surface area contributed by atoms with Gasteiger partial charge in [-0.15, -0.1) is 0 Å². The predicted octanol–water partition coefficient (Wildman–Crippen LogP) is 3.33. The highest BCUT2D eigenvalue weighted by molar-refractivity contribution is 7.89. The molecule has 0 saturated carbocycles. The molecule has 2 amide bonds. The largest absolute Gasteiger partial charge is 0.326 e. The number of nitrogens with zero attached hydrogens (tertiary/aromatic N) is 2. The van der Waals surface area contributed by atoms with Crippen molar-refractivity contribution in [3.05, 3.63) is 53.6 Å². The van der Waals surface area contributed by atoms with Crippen molar-refractivity contribution in [1.82, 2.24) is 4.31 Å². The van der Waals surface area contributed by atoms with Crippen LogP contribution in [0.1, 0.15) is 31.4 Å². The number of carbonyl (C=O) groups is 2. The minimum atomic E-state index is -3.55. The first kappa shape index (κ1) is 23.0. The molecule has 1 fully saturated rings. The summed E-state index contributed by atoms with van der Waals surface area (Å²) >= 11 is 0. The molecule has 166 valence electrons. The van der Waals surface area contributed by atoms with E-state index < -0.39 is 15.9 Å². The molecule has 3 rings (SSSR count). The molecule has 1 atom stereocenters. The summed E-state index contributed by atoms with van der Waals surface area (Å²) in [6.07, 6.45) is 0.146. The molecule has 1 N–H and O–H groups in total. The molecular weight excluding hydrogens is 414 g/mol. The minimum absolute atomic E-state index is 0.0745. The standard InChI is InChI=1S/C23H29N3O4S/c1-5-25(6-2)31(29,30)20-12-10-19(11-13-20)24-23(28)18-14-22(27)26(15-18)21-9-7-8-16(3)17(21)4/h7-13,18H,5-6,14-15H2,1-4H3,(H,24,28)/t18-/m0/s1. The van der Waals surface area contributed by atoms with Gasteiger partial charge in [-0.2, -0.15) is 4.31 Å². The highest BCUT2D eigenvalue weighted by Crippen LogP contribution is 2.30. The Kier molecular flexibility index (Phi) is 6.81. The number of aryl methyl sites for hydroxylation is 1. The number of hydrogen-bond acceptors (Lipinski definition) is 4. The van der Waals surface area contributed by atoms with E-state index >= 15 is 0 Å². The quantitative estimate of drug-likeness (QED) is 0.711. The van der Waals surface area contributed by atoms with E-state index in [0.29, 0.717) is 25.3 Å². The van der Waals surface area contributed by atoms with Crippen LogP contribution in [0.5, 0.6) is 0 Å². The van der Waals surface area contributed by atoms with Crippen LogP contribution in [-0.2, 0) is 19.6 Å². The van der Waals surface area contributed by atoms with Crippen LogP contribution in [0, 0.1) is 19.8 Å². The maximum Gasteiger partial charge on any atom is 0.243 e. The molecule has 1 heterocycles. The second-order valence-corrected chi connectivity index (χ2v) is 9.67. The SMILES string of the molecule is CCN(CC)S(=O)(=O)c1ccc(NC(=O)[C@H]2CC(=O)N(c3cccc(C)c3C)C2)cc1. The van der Waals surface area contributed by atoms with E-state index in [9.17, 15) is 18.0 Å². The molecule has 0 aliphatic carbocycles. The lowest BCUT2D eigenvalue weighted by molar-refractivity contribution is -0.122. The molecule has 0 aromatic heterocycles. The zero-order chi connectivity index (χ0) is 22.8. The maximum atomic E-state index is 12.8. The van der Waals surface area contributed by atoms with Crippen molar-refractivity contribution >= 4 is 33.2 Å². The Balaban J connectivity index is 1.70. The summed E-state index contributed by atoms with van der Waals surface area (Å²) in [5.41, 5.74) is 3.47. The first-order chi connectivity index (χ1) is 14.7. The summed E-state index contributed by atoms with van der Waals surface area (Å²) in [7, 11) is -3.55. The topological polar surface area (TPSA) is 86.8 Å². The number of amides is 2. The Morgan fingerprint density at radius 2 is 1.74 bits per heavy atom. The summed E-state index contributed by atoms with van der Waals surface area (Å²) in [5, 5.41) is 2.81. The molecule has 7 nitrogen and oxygen atoms in total. The molecule has 0 bridgehead atoms. The van der Waals surface area contributed by atoms with Gasteiger partial charge in [0.1, 0.15) is 0 Å². The Bertz CT molecular complexity index is 1080. The molecular formula is C23H29N3O4S. The molecule has 1 aliphatic rings. The molecule has 2 aromatic carbocycles. The average Bonchev–Trinajstić information content (AvgIpc) is 3.13. The fourth-order valence-electron chi connectivity index (χ4n) is 3.81. The van der Waals surface area contributed by atoms with Gasteiger partial charge in [0.05, 0.1) is 10.8 Å². The Morgan fingerprint density at radius 3 is 2.35 bits per heavy atom. The van der Waals surface area contributed by atoms with Crippen LogP contribution in [0.3, 0.4) is 0 Å². The van der Waals surface area contributed by atoms with Crippen molar-refractivity contribution in [3.8, 4) is 0 Å². The van der Waals surface area contributed by atoms with E-state index in [1.54, 1.807) is 30.9 Å². The zero-order valence-corrected chi connectivity index (χ0v) is 19.2. The van der Waals surface area contributed by atoms with Gasteiger partial charge in [-0.1, -0.05) is 26.0 Å². The van der Waals surface area contributed by atoms with Crippen LogP contribution in [0.25, 0.3) is 0 Å². The number of benzene rings is 2. The van der Waals surface area contributed by atoms with Gasteiger partial charge in [0.25, 0.3) is 0 Å². The average molecular weight is 444 g/mol. The smallest absolute Gasteiger partial charge is 0.243 e. The van der Waals surface area contributed by atoms with Crippen molar-refractivity contribution in [2.45, 2.75) is 39.0 Å². The van der Waals surface area contributed by atoms with Crippen molar-refractivity contribution in [1.29, 1.82) is 0 Å². The van der Waals surface area contributed by atoms with Crippen molar-refractivity contribution in [2.24, 2.45) is 5.92 Å². The fraction of sp³-hybridized carbons (Fsp3) is 0.391. The highest BCUT2D eigenvalue weighted by atomic mass is 32.2. The zero-order valence-electron chi connectivity index (χ0n) is 18.4. The van der Waals surface area contributed by atoms with E-state index in [-0.39, 0.29) is 23.1 Å². The van der Waals surface area contributed by atoms with E-state index in [4.69, 9.17) is 0 Å². The van der Waals surface area contributed by atoms with Crippen LogP contribution in [-0.4, -0.2) is 44.2 Å². The van der Waals surface area contributed by atoms with Gasteiger partial charge < -0.3 is 10.2 Å². The Hall–Kier alpha value is -2.71. The molecule has 1 saturated heterocycles. The maximum absolute atomic E-state index is 12.8. The molecule has 1 aliphatic heterocycles. The number of anilines is 2. The lowest BCUT2D eigenvalue weighted by Gasteiger charge is -2.20. The van der Waals surface area contributed by atoms with Crippen molar-refractivity contribution in [3.63, 3.8) is 0 Å². The van der Waals surface area contributed by atoms with Gasteiger partial charge in [0, 0.05) is 37.4 Å².